The molecule has 110 valence electrons. The minimum atomic E-state index is -0.178. The lowest BCUT2D eigenvalue weighted by molar-refractivity contribution is 0.0623. The summed E-state index contributed by atoms with van der Waals surface area (Å²) in [6, 6.07) is 3.70. The van der Waals surface area contributed by atoms with E-state index in [1.807, 2.05) is 6.07 Å². The van der Waals surface area contributed by atoms with E-state index in [4.69, 9.17) is 9.26 Å². The van der Waals surface area contributed by atoms with Crippen molar-refractivity contribution in [1.82, 2.24) is 15.5 Å². The van der Waals surface area contributed by atoms with Crippen molar-refractivity contribution in [3.05, 3.63) is 35.9 Å². The molecule has 0 aromatic carbocycles. The van der Waals surface area contributed by atoms with Crippen molar-refractivity contribution in [2.24, 2.45) is 0 Å². The van der Waals surface area contributed by atoms with Crippen LogP contribution in [0.2, 0.25) is 0 Å². The van der Waals surface area contributed by atoms with Crippen LogP contribution in [0.15, 0.2) is 29.0 Å². The molecule has 1 atom stereocenters. The third kappa shape index (κ3) is 2.95. The Morgan fingerprint density at radius 1 is 1.48 bits per heavy atom. The summed E-state index contributed by atoms with van der Waals surface area (Å²) in [6.45, 7) is 3.05. The van der Waals surface area contributed by atoms with Gasteiger partial charge in [-0.3, -0.25) is 9.78 Å². The van der Waals surface area contributed by atoms with Crippen molar-refractivity contribution in [3.8, 4) is 11.3 Å². The molecule has 6 heteroatoms. The number of aryl methyl sites for hydroxylation is 1. The monoisotopic (exact) mass is 287 g/mol. The number of hydrogen-bond donors (Lipinski definition) is 1. The quantitative estimate of drug-likeness (QED) is 0.933. The van der Waals surface area contributed by atoms with Crippen molar-refractivity contribution >= 4 is 5.91 Å². The zero-order chi connectivity index (χ0) is 14.7. The molecule has 2 aromatic heterocycles. The minimum absolute atomic E-state index is 0.0438. The molecule has 1 unspecified atom stereocenters. The molecular formula is C15H17N3O3. The first-order valence-corrected chi connectivity index (χ1v) is 7.01. The van der Waals surface area contributed by atoms with Gasteiger partial charge in [0, 0.05) is 24.6 Å². The van der Waals surface area contributed by atoms with Gasteiger partial charge in [-0.05, 0) is 31.9 Å². The maximum absolute atomic E-state index is 12.5. The molecule has 3 heterocycles. The van der Waals surface area contributed by atoms with Gasteiger partial charge < -0.3 is 14.6 Å². The van der Waals surface area contributed by atoms with E-state index in [1.54, 1.807) is 25.4 Å². The molecule has 1 N–H and O–H groups in total. The Morgan fingerprint density at radius 2 is 2.38 bits per heavy atom. The highest BCUT2D eigenvalue weighted by atomic mass is 16.5. The van der Waals surface area contributed by atoms with Gasteiger partial charge in [-0.2, -0.15) is 0 Å². The van der Waals surface area contributed by atoms with Crippen LogP contribution in [0.1, 0.15) is 29.0 Å². The van der Waals surface area contributed by atoms with Crippen molar-refractivity contribution in [2.75, 3.05) is 13.2 Å². The van der Waals surface area contributed by atoms with Gasteiger partial charge in [0.25, 0.3) is 5.91 Å². The van der Waals surface area contributed by atoms with Gasteiger partial charge in [-0.15, -0.1) is 0 Å². The van der Waals surface area contributed by atoms with E-state index >= 15 is 0 Å². The van der Waals surface area contributed by atoms with Crippen LogP contribution in [0.25, 0.3) is 11.3 Å². The Bertz CT molecular complexity index is 618. The summed E-state index contributed by atoms with van der Waals surface area (Å²) < 4.78 is 10.6. The Kier molecular flexibility index (Phi) is 3.96. The molecule has 1 amide bonds. The summed E-state index contributed by atoms with van der Waals surface area (Å²) in [5, 5.41) is 6.98. The minimum Gasteiger partial charge on any atom is -0.379 e. The highest BCUT2D eigenvalue weighted by Gasteiger charge is 2.24. The predicted octanol–water partition coefficient (Wildman–Crippen LogP) is 1.95. The van der Waals surface area contributed by atoms with Gasteiger partial charge in [-0.1, -0.05) is 5.16 Å². The van der Waals surface area contributed by atoms with Crippen LogP contribution in [0.3, 0.4) is 0 Å². The third-order valence-corrected chi connectivity index (χ3v) is 3.52. The van der Waals surface area contributed by atoms with Crippen LogP contribution in [0, 0.1) is 6.92 Å². The second-order valence-corrected chi connectivity index (χ2v) is 5.09. The molecule has 2 aromatic rings. The first-order valence-electron chi connectivity index (χ1n) is 7.01. The lowest BCUT2D eigenvalue weighted by Gasteiger charge is -2.23. The van der Waals surface area contributed by atoms with Crippen LogP contribution in [-0.4, -0.2) is 35.3 Å². The molecule has 0 radical (unpaired) electrons. The van der Waals surface area contributed by atoms with Crippen LogP contribution >= 0.6 is 0 Å². The Hall–Kier alpha value is -2.21. The molecule has 0 bridgehead atoms. The van der Waals surface area contributed by atoms with E-state index in [2.05, 4.69) is 15.5 Å². The maximum atomic E-state index is 12.5. The lowest BCUT2D eigenvalue weighted by atomic mass is 10.1. The first kappa shape index (κ1) is 13.8. The van der Waals surface area contributed by atoms with E-state index < -0.39 is 0 Å². The van der Waals surface area contributed by atoms with Crippen molar-refractivity contribution in [1.29, 1.82) is 0 Å². The fourth-order valence-corrected chi connectivity index (χ4v) is 2.45. The summed E-state index contributed by atoms with van der Waals surface area (Å²) in [6.07, 6.45) is 5.23. The highest BCUT2D eigenvalue weighted by Crippen LogP contribution is 2.24. The molecule has 1 aliphatic heterocycles. The lowest BCUT2D eigenvalue weighted by Crippen LogP contribution is -2.40. The van der Waals surface area contributed by atoms with Crippen LogP contribution in [-0.2, 0) is 4.74 Å². The SMILES string of the molecule is Cc1onc(-c2cccnc2)c1C(=O)NC1CCCOC1. The molecule has 6 nitrogen and oxygen atoms in total. The summed E-state index contributed by atoms with van der Waals surface area (Å²) in [4.78, 5) is 16.6. The number of hydrogen-bond acceptors (Lipinski definition) is 5. The van der Waals surface area contributed by atoms with E-state index in [9.17, 15) is 4.79 Å². The third-order valence-electron chi connectivity index (χ3n) is 3.52. The molecule has 21 heavy (non-hydrogen) atoms. The molecule has 1 aliphatic rings. The fourth-order valence-electron chi connectivity index (χ4n) is 2.45. The molecular weight excluding hydrogens is 270 g/mol. The summed E-state index contributed by atoms with van der Waals surface area (Å²) in [5.74, 6) is 0.325. The van der Waals surface area contributed by atoms with Gasteiger partial charge in [0.15, 0.2) is 0 Å². The molecule has 1 saturated heterocycles. The van der Waals surface area contributed by atoms with Crippen LogP contribution in [0.4, 0.5) is 0 Å². The van der Waals surface area contributed by atoms with Crippen LogP contribution < -0.4 is 5.32 Å². The van der Waals surface area contributed by atoms with Gasteiger partial charge in [0.1, 0.15) is 17.0 Å². The maximum Gasteiger partial charge on any atom is 0.257 e. The number of nitrogens with zero attached hydrogens (tertiary/aromatic N) is 2. The summed E-state index contributed by atoms with van der Waals surface area (Å²) >= 11 is 0. The van der Waals surface area contributed by atoms with Crippen molar-refractivity contribution in [3.63, 3.8) is 0 Å². The topological polar surface area (TPSA) is 77.2 Å². The number of carbonyl (C=O) groups is 1. The number of ether oxygens (including phenoxy) is 1. The average Bonchev–Trinajstić information content (AvgIpc) is 2.91. The van der Waals surface area contributed by atoms with E-state index in [0.29, 0.717) is 23.6 Å². The highest BCUT2D eigenvalue weighted by molar-refractivity contribution is 6.00. The second kappa shape index (κ2) is 6.05. The first-order chi connectivity index (χ1) is 10.3. The number of pyridine rings is 1. The number of carbonyl (C=O) groups excluding carboxylic acids is 1. The Balaban J connectivity index is 1.84. The zero-order valence-corrected chi connectivity index (χ0v) is 11.8. The van der Waals surface area contributed by atoms with Gasteiger partial charge >= 0.3 is 0 Å². The molecule has 0 spiro atoms. The smallest absolute Gasteiger partial charge is 0.257 e. The predicted molar refractivity (Wildman–Crippen MR) is 75.8 cm³/mol. The van der Waals surface area contributed by atoms with Gasteiger partial charge in [-0.25, -0.2) is 0 Å². The Morgan fingerprint density at radius 3 is 3.10 bits per heavy atom. The van der Waals surface area contributed by atoms with Crippen LogP contribution in [0.5, 0.6) is 0 Å². The number of amides is 1. The molecule has 0 saturated carbocycles. The van der Waals surface area contributed by atoms with E-state index in [1.165, 1.54) is 0 Å². The average molecular weight is 287 g/mol. The summed E-state index contributed by atoms with van der Waals surface area (Å²) in [7, 11) is 0. The second-order valence-electron chi connectivity index (χ2n) is 5.09. The summed E-state index contributed by atoms with van der Waals surface area (Å²) in [5.41, 5.74) is 1.75. The van der Waals surface area contributed by atoms with E-state index in [0.717, 1.165) is 25.0 Å². The fraction of sp³-hybridized carbons (Fsp3) is 0.400. The molecule has 0 aliphatic carbocycles. The van der Waals surface area contributed by atoms with Crippen molar-refractivity contribution in [2.45, 2.75) is 25.8 Å². The van der Waals surface area contributed by atoms with Crippen molar-refractivity contribution < 1.29 is 14.1 Å². The number of rotatable bonds is 3. The number of nitrogens with one attached hydrogen (secondary N) is 1. The Labute approximate surface area is 122 Å². The zero-order valence-electron chi connectivity index (χ0n) is 11.8. The van der Waals surface area contributed by atoms with E-state index in [-0.39, 0.29) is 11.9 Å². The molecule has 1 fully saturated rings. The number of aromatic nitrogens is 2. The molecule has 3 rings (SSSR count). The largest absolute Gasteiger partial charge is 0.379 e. The normalized spacial score (nSPS) is 18.4. The van der Waals surface area contributed by atoms with Gasteiger partial charge in [0.2, 0.25) is 0 Å². The standard InChI is InChI=1S/C15H17N3O3/c1-10-13(15(19)17-12-5-3-7-20-9-12)14(18-21-10)11-4-2-6-16-8-11/h2,4,6,8,12H,3,5,7,9H2,1H3,(H,17,19). The van der Waals surface area contributed by atoms with Gasteiger partial charge in [0.05, 0.1) is 12.6 Å².